The fraction of sp³-hybridized carbons (Fsp3) is 0.667. The molecule has 2 aliphatic rings. The molecule has 0 radical (unpaired) electrons. The van der Waals surface area contributed by atoms with Gasteiger partial charge in [0.15, 0.2) is 23.2 Å². The summed E-state index contributed by atoms with van der Waals surface area (Å²) in [6, 6.07) is 0. The highest BCUT2D eigenvalue weighted by atomic mass is 31.2. The molecule has 14 heteroatoms. The van der Waals surface area contributed by atoms with Crippen LogP contribution in [0.4, 0.5) is 11.8 Å². The number of anilines is 2. The van der Waals surface area contributed by atoms with Gasteiger partial charge in [-0.05, 0) is 19.4 Å². The molecule has 2 fully saturated rings. The summed E-state index contributed by atoms with van der Waals surface area (Å²) in [4.78, 5) is 24.2. The predicted molar refractivity (Wildman–Crippen MR) is 99.5 cm³/mol. The summed E-state index contributed by atoms with van der Waals surface area (Å²) >= 11 is 0. The highest BCUT2D eigenvalue weighted by Crippen LogP contribution is 2.50. The average Bonchev–Trinajstić information content (AvgIpc) is 3.19. The number of nitrogens with zero attached hydrogens (tertiary/aromatic N) is 4. The summed E-state index contributed by atoms with van der Waals surface area (Å²) in [6.07, 6.45) is -0.154. The van der Waals surface area contributed by atoms with Gasteiger partial charge in [0.2, 0.25) is 5.95 Å². The first-order valence-corrected chi connectivity index (χ1v) is 10.8. The predicted octanol–water partition coefficient (Wildman–Crippen LogP) is -0.908. The highest BCUT2D eigenvalue weighted by Gasteiger charge is 2.51. The molecule has 4 rings (SSSR count). The van der Waals surface area contributed by atoms with Crippen molar-refractivity contribution in [2.75, 3.05) is 30.7 Å². The largest absolute Gasteiger partial charge is 0.756 e. The molecule has 13 nitrogen and oxygen atoms in total. The first kappa shape index (κ1) is 20.4. The molecule has 2 aliphatic heterocycles. The Hall–Kier alpha value is -1.86. The summed E-state index contributed by atoms with van der Waals surface area (Å²) < 4.78 is 28.6. The maximum absolute atomic E-state index is 11.6. The van der Waals surface area contributed by atoms with Crippen molar-refractivity contribution in [1.29, 1.82) is 0 Å². The lowest BCUT2D eigenvalue weighted by Gasteiger charge is -2.34. The van der Waals surface area contributed by atoms with Gasteiger partial charge < -0.3 is 40.6 Å². The molecule has 160 valence electrons. The average molecular weight is 428 g/mol. The van der Waals surface area contributed by atoms with Gasteiger partial charge in [0, 0.05) is 6.54 Å². The number of aromatic nitrogens is 4. The van der Waals surface area contributed by atoms with Gasteiger partial charge in [-0.25, -0.2) is 15.0 Å². The standard InChI is InChI=1S/C15H24N7O6P/c16-4-2-1-3-5-18-15-21-9-12(17)19-7-20-13(9)22(15)14-10(23)11-8(27-14)6-26-29(24,25)28-11/h7-8,10-11,14,23H,1-6,16H2,(H,18,21)(H,24,25)(H2,17,19,20)/p-1/t8-,10-,11?,14+/m0/s1. The van der Waals surface area contributed by atoms with Gasteiger partial charge in [-0.15, -0.1) is 0 Å². The summed E-state index contributed by atoms with van der Waals surface area (Å²) in [7, 11) is -4.48. The van der Waals surface area contributed by atoms with Crippen molar-refractivity contribution in [1.82, 2.24) is 19.5 Å². The summed E-state index contributed by atoms with van der Waals surface area (Å²) in [5, 5.41) is 13.9. The van der Waals surface area contributed by atoms with E-state index in [9.17, 15) is 14.6 Å². The van der Waals surface area contributed by atoms with Crippen LogP contribution in [0.2, 0.25) is 0 Å². The highest BCUT2D eigenvalue weighted by molar-refractivity contribution is 7.45. The molecule has 2 saturated heterocycles. The number of ether oxygens (including phenoxy) is 1. The summed E-state index contributed by atoms with van der Waals surface area (Å²) in [5.41, 5.74) is 12.1. The van der Waals surface area contributed by atoms with Crippen molar-refractivity contribution in [2.45, 2.75) is 43.8 Å². The Kier molecular flexibility index (Phi) is 5.71. The number of hydrogen-bond acceptors (Lipinski definition) is 12. The number of nitrogen functional groups attached to an aromatic ring is 1. The van der Waals surface area contributed by atoms with E-state index in [0.29, 0.717) is 30.2 Å². The van der Waals surface area contributed by atoms with Crippen LogP contribution in [0, 0.1) is 0 Å². The third-order valence-electron chi connectivity index (χ3n) is 4.88. The quantitative estimate of drug-likeness (QED) is 0.313. The van der Waals surface area contributed by atoms with Crippen LogP contribution in [-0.2, 0) is 18.3 Å². The van der Waals surface area contributed by atoms with Crippen molar-refractivity contribution in [3.63, 3.8) is 0 Å². The molecule has 4 heterocycles. The second-order valence-electron chi connectivity index (χ2n) is 6.88. The van der Waals surface area contributed by atoms with E-state index in [2.05, 4.69) is 24.8 Å². The third-order valence-corrected chi connectivity index (χ3v) is 5.85. The summed E-state index contributed by atoms with van der Waals surface area (Å²) in [6.45, 7) is 0.980. The molecule has 0 saturated carbocycles. The van der Waals surface area contributed by atoms with Crippen LogP contribution in [0.15, 0.2) is 6.33 Å². The number of nitrogens with two attached hydrogens (primary N) is 2. The summed E-state index contributed by atoms with van der Waals surface area (Å²) in [5.74, 6) is 0.544. The van der Waals surface area contributed by atoms with Crippen LogP contribution in [0.25, 0.3) is 11.2 Å². The molecule has 0 aliphatic carbocycles. The number of phosphoric ester groups is 1. The van der Waals surface area contributed by atoms with E-state index < -0.39 is 32.4 Å². The Morgan fingerprint density at radius 3 is 3.00 bits per heavy atom. The molecule has 0 bridgehead atoms. The van der Waals surface area contributed by atoms with E-state index in [1.165, 1.54) is 6.33 Å². The molecular weight excluding hydrogens is 405 g/mol. The van der Waals surface area contributed by atoms with Gasteiger partial charge in [-0.3, -0.25) is 9.13 Å². The van der Waals surface area contributed by atoms with E-state index in [4.69, 9.17) is 20.7 Å². The van der Waals surface area contributed by atoms with E-state index in [-0.39, 0.29) is 12.4 Å². The molecule has 0 spiro atoms. The smallest absolute Gasteiger partial charge is 0.268 e. The maximum atomic E-state index is 11.6. The van der Waals surface area contributed by atoms with E-state index in [0.717, 1.165) is 19.3 Å². The van der Waals surface area contributed by atoms with Crippen LogP contribution < -0.4 is 21.7 Å². The second kappa shape index (κ2) is 8.11. The number of imidazole rings is 1. The molecule has 5 atom stereocenters. The number of aliphatic hydroxyl groups is 1. The fourth-order valence-corrected chi connectivity index (χ4v) is 4.43. The molecular formula is C15H23N7O6P-. The zero-order valence-corrected chi connectivity index (χ0v) is 16.4. The van der Waals surface area contributed by atoms with Gasteiger partial charge in [-0.1, -0.05) is 6.42 Å². The lowest BCUT2D eigenvalue weighted by atomic mass is 10.1. The SMILES string of the molecule is NCCCCCNc1nc2c(N)ncnc2n1[C@@H]1O[C@H]2COP(=O)([O-])OC2[C@@H]1O. The van der Waals surface area contributed by atoms with E-state index in [1.807, 2.05) is 0 Å². The number of fused-ring (bicyclic) bond motifs is 2. The molecule has 0 amide bonds. The van der Waals surface area contributed by atoms with Gasteiger partial charge in [0.1, 0.15) is 24.6 Å². The first-order valence-electron chi connectivity index (χ1n) is 9.31. The van der Waals surface area contributed by atoms with Crippen LogP contribution in [0.3, 0.4) is 0 Å². The molecule has 2 aromatic heterocycles. The Bertz CT molecular complexity index is 926. The van der Waals surface area contributed by atoms with Crippen LogP contribution in [-0.4, -0.2) is 62.6 Å². The van der Waals surface area contributed by atoms with E-state index >= 15 is 0 Å². The topological polar surface area (TPSA) is 196 Å². The molecule has 2 aromatic rings. The number of rotatable bonds is 7. The number of hydrogen-bond donors (Lipinski definition) is 4. The van der Waals surface area contributed by atoms with Crippen molar-refractivity contribution in [3.8, 4) is 0 Å². The van der Waals surface area contributed by atoms with Crippen LogP contribution >= 0.6 is 7.82 Å². The van der Waals surface area contributed by atoms with Crippen molar-refractivity contribution < 1.29 is 28.3 Å². The van der Waals surface area contributed by atoms with Gasteiger partial charge >= 0.3 is 0 Å². The number of aliphatic hydroxyl groups excluding tert-OH is 1. The fourth-order valence-electron chi connectivity index (χ4n) is 3.48. The van der Waals surface area contributed by atoms with Crippen molar-refractivity contribution >= 4 is 30.8 Å². The zero-order chi connectivity index (χ0) is 20.6. The Morgan fingerprint density at radius 1 is 1.38 bits per heavy atom. The Labute approximate surface area is 166 Å². The van der Waals surface area contributed by atoms with Gasteiger partial charge in [-0.2, -0.15) is 0 Å². The number of unbranched alkanes of at least 4 members (excludes halogenated alkanes) is 2. The normalized spacial score (nSPS) is 31.8. The Morgan fingerprint density at radius 2 is 2.21 bits per heavy atom. The molecule has 0 aromatic carbocycles. The monoisotopic (exact) mass is 428 g/mol. The van der Waals surface area contributed by atoms with Crippen molar-refractivity contribution in [2.24, 2.45) is 5.73 Å². The lowest BCUT2D eigenvalue weighted by Crippen LogP contribution is -2.41. The number of phosphoric acid groups is 1. The lowest BCUT2D eigenvalue weighted by molar-refractivity contribution is -0.245. The van der Waals surface area contributed by atoms with Crippen LogP contribution in [0.1, 0.15) is 25.5 Å². The molecule has 6 N–H and O–H groups in total. The first-order chi connectivity index (χ1) is 13.9. The Balaban J connectivity index is 1.64. The van der Waals surface area contributed by atoms with Crippen LogP contribution in [0.5, 0.6) is 0 Å². The molecule has 2 unspecified atom stereocenters. The van der Waals surface area contributed by atoms with Gasteiger partial charge in [0.05, 0.1) is 6.61 Å². The van der Waals surface area contributed by atoms with Crippen molar-refractivity contribution in [3.05, 3.63) is 6.33 Å². The third kappa shape index (κ3) is 3.94. The van der Waals surface area contributed by atoms with E-state index in [1.54, 1.807) is 4.57 Å². The molecule has 29 heavy (non-hydrogen) atoms. The van der Waals surface area contributed by atoms with Gasteiger partial charge in [0.25, 0.3) is 7.82 Å². The number of nitrogens with one attached hydrogen (secondary N) is 1. The minimum absolute atomic E-state index is 0.175. The zero-order valence-electron chi connectivity index (χ0n) is 15.5. The maximum Gasteiger partial charge on any atom is 0.268 e. The minimum Gasteiger partial charge on any atom is -0.756 e. The second-order valence-corrected chi connectivity index (χ2v) is 8.24. The minimum atomic E-state index is -4.48.